The van der Waals surface area contributed by atoms with Gasteiger partial charge in [-0.15, -0.1) is 0 Å². The van der Waals surface area contributed by atoms with E-state index in [1.165, 1.54) is 249 Å². The molecule has 0 N–H and O–H groups in total. The van der Waals surface area contributed by atoms with Gasteiger partial charge in [0.05, 0.1) is 50.2 Å². The number of benzene rings is 15. The second kappa shape index (κ2) is 47.7. The first-order valence-electron chi connectivity index (χ1n) is 51.8. The van der Waals surface area contributed by atoms with E-state index < -0.39 is 0 Å². The highest BCUT2D eigenvalue weighted by Crippen LogP contribution is 2.55. The van der Waals surface area contributed by atoms with Gasteiger partial charge in [-0.1, -0.05) is 426 Å². The Morgan fingerprint density at radius 2 is 0.386 bits per heavy atom. The normalized spacial score (nSPS) is 11.6. The molecular formula is C129H153N3. The summed E-state index contributed by atoms with van der Waals surface area (Å²) in [6, 6.07) is 103. The molecule has 18 aromatic rings. The number of para-hydroxylation sites is 6. The lowest BCUT2D eigenvalue weighted by Crippen LogP contribution is -2.10. The van der Waals surface area contributed by atoms with Crippen LogP contribution in [0.15, 0.2) is 273 Å². The fourth-order valence-corrected chi connectivity index (χ4v) is 21.2. The van der Waals surface area contributed by atoms with Crippen LogP contribution in [0.4, 0.5) is 0 Å². The third-order valence-electron chi connectivity index (χ3n) is 25.4. The highest BCUT2D eigenvalue weighted by molar-refractivity contribution is 6.14. The third kappa shape index (κ3) is 17.4. The van der Waals surface area contributed by atoms with Crippen molar-refractivity contribution in [3.05, 3.63) is 373 Å². The maximum atomic E-state index is 2.53. The van der Waals surface area contributed by atoms with Gasteiger partial charge < -0.3 is 13.7 Å². The largest absolute Gasteiger partial charge is 0.309 e. The highest BCUT2D eigenvalue weighted by atomic mass is 15.0. The fourth-order valence-electron chi connectivity index (χ4n) is 21.2. The molecule has 0 fully saturated rings. The predicted molar refractivity (Wildman–Crippen MR) is 590 cm³/mol. The summed E-state index contributed by atoms with van der Waals surface area (Å²) in [5.74, 6) is 0. The van der Waals surface area contributed by atoms with Crippen LogP contribution in [0, 0.1) is 0 Å². The molecule has 9 aliphatic rings. The average Bonchev–Trinajstić information content (AvgIpc) is 1.55. The third-order valence-corrected chi connectivity index (χ3v) is 25.4. The van der Waals surface area contributed by atoms with Gasteiger partial charge in [0.1, 0.15) is 0 Å². The molecule has 6 aliphatic carbocycles. The first kappa shape index (κ1) is 102. The van der Waals surface area contributed by atoms with Gasteiger partial charge in [-0.2, -0.15) is 0 Å². The van der Waals surface area contributed by atoms with Gasteiger partial charge in [0.2, 0.25) is 0 Å². The van der Waals surface area contributed by atoms with E-state index in [0.29, 0.717) is 0 Å². The molecule has 132 heavy (non-hydrogen) atoms. The van der Waals surface area contributed by atoms with Crippen LogP contribution in [-0.4, -0.2) is 13.7 Å². The van der Waals surface area contributed by atoms with Crippen molar-refractivity contribution >= 4 is 65.4 Å². The molecular weight excluding hydrogens is 1590 g/mol. The Morgan fingerprint density at radius 3 is 0.780 bits per heavy atom. The maximum Gasteiger partial charge on any atom is 0.0576 e. The SMILES string of the molecule is CC.CC.CC.CC.CC.CC.CC.CC.CC.CC.CC.CC.CC.CC.CC.c1ccc2c(c1)Cc1cc3c(cc1-2)-c1ccc2c(c1C3)Cc1cccc3c4ccccc4n-2c13.c1ccc2c(c1)Cc1cc3c(cc1-2)Cc1c-3ccc2c1Cc1cccc3c4ccccc4n-2c13.c1ccc2c(c1)Cc1ccc3c(c1-2)-c1ccc2c(c1C3)Cc1cccc3c4ccccc4n-2c13. The molecule has 0 saturated heterocycles. The van der Waals surface area contributed by atoms with Crippen molar-refractivity contribution in [3.8, 4) is 83.8 Å². The van der Waals surface area contributed by atoms with Crippen LogP contribution in [0.5, 0.6) is 0 Å². The second-order valence-corrected chi connectivity index (χ2v) is 30.3. The Morgan fingerprint density at radius 1 is 0.144 bits per heavy atom. The molecule has 0 atom stereocenters. The van der Waals surface area contributed by atoms with Gasteiger partial charge >= 0.3 is 0 Å². The molecule has 15 aromatic carbocycles. The molecule has 0 saturated carbocycles. The molecule has 0 radical (unpaired) electrons. The van der Waals surface area contributed by atoms with Crippen molar-refractivity contribution in [2.75, 3.05) is 0 Å². The minimum absolute atomic E-state index is 1.01. The van der Waals surface area contributed by atoms with Crippen molar-refractivity contribution in [1.29, 1.82) is 0 Å². The first-order valence-corrected chi connectivity index (χ1v) is 51.8. The lowest BCUT2D eigenvalue weighted by Gasteiger charge is -2.23. The van der Waals surface area contributed by atoms with E-state index in [0.717, 1.165) is 57.8 Å². The van der Waals surface area contributed by atoms with Crippen LogP contribution >= 0.6 is 0 Å². The van der Waals surface area contributed by atoms with Crippen molar-refractivity contribution in [1.82, 2.24) is 13.7 Å². The van der Waals surface area contributed by atoms with Gasteiger partial charge in [0.25, 0.3) is 0 Å². The maximum absolute atomic E-state index is 2.53. The number of rotatable bonds is 0. The van der Waals surface area contributed by atoms with Crippen LogP contribution in [0.25, 0.3) is 149 Å². The minimum atomic E-state index is 1.01. The number of fused-ring (bicyclic) bond motifs is 37. The standard InChI is InChI=1S/3C33H21N.15C2H6/c1-2-8-23-19(6-1)14-21-15-22-17-29-24(28(22)18-27(21)23)12-13-32-30(29)16-20-7-5-10-26-25-9-3-4-11-31(25)34(32)33(20)26;1-2-8-23-19(6-1)14-21-16-28-22(17-27(21)23)18-29-24(28)12-13-32-30(29)15-20-7-5-10-26-25-9-3-4-11-31(25)34(32)33(20)26;1-2-8-23-19(6-1)16-20-12-13-21-17-27-25(32(21)31(20)23)14-15-30-28(27)18-22-7-5-10-26-24-9-3-4-11-29(24)34(30)33(22)26;15*1-2/h1-13,15,18H,14,16-17H2;1-13,16-17H,14-15,18H2;1-15H,16-18H2;15*1-2H3. The summed E-state index contributed by atoms with van der Waals surface area (Å²) in [7, 11) is 0. The van der Waals surface area contributed by atoms with Crippen molar-refractivity contribution in [3.63, 3.8) is 0 Å². The van der Waals surface area contributed by atoms with Gasteiger partial charge in [-0.3, -0.25) is 0 Å². The molecule has 3 aliphatic heterocycles. The topological polar surface area (TPSA) is 14.8 Å². The molecule has 3 heteroatoms. The Balaban J connectivity index is 0.000000180. The van der Waals surface area contributed by atoms with Gasteiger partial charge in [-0.05, 0) is 260 Å². The molecule has 27 rings (SSSR count). The van der Waals surface area contributed by atoms with Crippen molar-refractivity contribution < 1.29 is 0 Å². The lowest BCUT2D eigenvalue weighted by atomic mass is 9.89. The fraction of sp³-hybridized carbons (Fsp3) is 0.302. The molecule has 0 spiro atoms. The zero-order chi connectivity index (χ0) is 95.9. The molecule has 684 valence electrons. The second-order valence-electron chi connectivity index (χ2n) is 30.3. The quantitative estimate of drug-likeness (QED) is 0.144. The smallest absolute Gasteiger partial charge is 0.0576 e. The summed E-state index contributed by atoms with van der Waals surface area (Å²) in [5.41, 5.74) is 56.4. The molecule has 0 bridgehead atoms. The van der Waals surface area contributed by atoms with Gasteiger partial charge in [0.15, 0.2) is 0 Å². The zero-order valence-electron chi connectivity index (χ0n) is 86.2. The number of hydrogen-bond donors (Lipinski definition) is 0. The van der Waals surface area contributed by atoms with Crippen LogP contribution in [0.1, 0.15) is 308 Å². The van der Waals surface area contributed by atoms with Crippen LogP contribution in [-0.2, 0) is 57.8 Å². The Labute approximate surface area is 796 Å². The minimum Gasteiger partial charge on any atom is -0.309 e. The molecule has 3 nitrogen and oxygen atoms in total. The van der Waals surface area contributed by atoms with E-state index in [4.69, 9.17) is 0 Å². The summed E-state index contributed by atoms with van der Waals surface area (Å²) in [6.07, 6.45) is 9.33. The summed E-state index contributed by atoms with van der Waals surface area (Å²) in [4.78, 5) is 0. The van der Waals surface area contributed by atoms with Crippen LogP contribution in [0.2, 0.25) is 0 Å². The van der Waals surface area contributed by atoms with E-state index in [-0.39, 0.29) is 0 Å². The van der Waals surface area contributed by atoms with Crippen molar-refractivity contribution in [2.24, 2.45) is 0 Å². The van der Waals surface area contributed by atoms with Crippen molar-refractivity contribution in [2.45, 2.75) is 265 Å². The summed E-state index contributed by atoms with van der Waals surface area (Å²) in [6.45, 7) is 60.0. The molecule has 0 unspecified atom stereocenters. The van der Waals surface area contributed by atoms with Gasteiger partial charge in [0, 0.05) is 51.6 Å². The van der Waals surface area contributed by atoms with E-state index in [1.54, 1.807) is 0 Å². The van der Waals surface area contributed by atoms with E-state index in [1.807, 2.05) is 208 Å². The average molecular weight is 1750 g/mol. The molecule has 6 heterocycles. The highest BCUT2D eigenvalue weighted by Gasteiger charge is 2.37. The van der Waals surface area contributed by atoms with Crippen LogP contribution in [0.3, 0.4) is 0 Å². The zero-order valence-corrected chi connectivity index (χ0v) is 86.2. The summed E-state index contributed by atoms with van der Waals surface area (Å²) in [5, 5.41) is 8.18. The first-order chi connectivity index (χ1) is 65.6. The summed E-state index contributed by atoms with van der Waals surface area (Å²) < 4.78 is 7.58. The summed E-state index contributed by atoms with van der Waals surface area (Å²) >= 11 is 0. The number of nitrogens with zero attached hydrogens (tertiary/aromatic N) is 3. The lowest BCUT2D eigenvalue weighted by molar-refractivity contribution is 1.02. The monoisotopic (exact) mass is 1740 g/mol. The Bertz CT molecular complexity index is 6970. The molecule has 0 amide bonds. The van der Waals surface area contributed by atoms with Crippen LogP contribution < -0.4 is 0 Å². The van der Waals surface area contributed by atoms with E-state index in [2.05, 4.69) is 287 Å². The molecule has 3 aromatic heterocycles. The predicted octanol–water partition coefficient (Wildman–Crippen LogP) is 38.9. The van der Waals surface area contributed by atoms with Gasteiger partial charge in [-0.25, -0.2) is 0 Å². The Hall–Kier alpha value is -12.3. The number of hydrogen-bond acceptors (Lipinski definition) is 0. The van der Waals surface area contributed by atoms with E-state index >= 15 is 0 Å². The number of aromatic nitrogens is 3. The van der Waals surface area contributed by atoms with E-state index in [9.17, 15) is 0 Å². The Kier molecular flexibility index (Phi) is 36.8.